The molecule has 0 bridgehead atoms. The van der Waals surface area contributed by atoms with Gasteiger partial charge in [0.25, 0.3) is 0 Å². The molecule has 1 aliphatic rings. The van der Waals surface area contributed by atoms with Gasteiger partial charge in [0.15, 0.2) is 14.6 Å². The van der Waals surface area contributed by atoms with Crippen molar-refractivity contribution in [3.05, 3.63) is 34.3 Å². The summed E-state index contributed by atoms with van der Waals surface area (Å²) in [6, 6.07) is 5.94. The zero-order valence-electron chi connectivity index (χ0n) is 13.7. The van der Waals surface area contributed by atoms with E-state index in [1.165, 1.54) is 35.6 Å². The third kappa shape index (κ3) is 3.30. The predicted molar refractivity (Wildman–Crippen MR) is 97.8 cm³/mol. The molecule has 0 saturated heterocycles. The summed E-state index contributed by atoms with van der Waals surface area (Å²) in [7, 11) is -3.85. The first-order chi connectivity index (χ1) is 11.9. The minimum Gasteiger partial charge on any atom is -0.299 e. The van der Waals surface area contributed by atoms with Crippen LogP contribution in [0.4, 0.5) is 5.13 Å². The highest BCUT2D eigenvalue weighted by Gasteiger charge is 2.53. The van der Waals surface area contributed by atoms with Crippen LogP contribution in [-0.2, 0) is 21.1 Å². The Labute approximate surface area is 155 Å². The van der Waals surface area contributed by atoms with Crippen molar-refractivity contribution in [3.8, 4) is 0 Å². The number of amides is 1. The lowest BCUT2D eigenvalue weighted by Gasteiger charge is -2.27. The van der Waals surface area contributed by atoms with E-state index in [0.717, 1.165) is 5.01 Å². The van der Waals surface area contributed by atoms with Crippen LogP contribution in [0.1, 0.15) is 37.6 Å². The first-order valence-corrected chi connectivity index (χ1v) is 10.7. The fourth-order valence-electron chi connectivity index (χ4n) is 3.06. The lowest BCUT2D eigenvalue weighted by Crippen LogP contribution is -2.47. The molecule has 1 N–H and O–H groups in total. The molecule has 1 saturated carbocycles. The fourth-order valence-corrected chi connectivity index (χ4v) is 5.93. The van der Waals surface area contributed by atoms with Gasteiger partial charge in [-0.05, 0) is 43.5 Å². The van der Waals surface area contributed by atoms with E-state index in [2.05, 4.69) is 15.5 Å². The van der Waals surface area contributed by atoms with E-state index in [9.17, 15) is 13.2 Å². The summed E-state index contributed by atoms with van der Waals surface area (Å²) in [6.45, 7) is 1.94. The van der Waals surface area contributed by atoms with E-state index in [1.54, 1.807) is 0 Å². The van der Waals surface area contributed by atoms with Crippen LogP contribution < -0.4 is 5.32 Å². The number of aryl methyl sites for hydroxylation is 1. The molecule has 1 aromatic carbocycles. The van der Waals surface area contributed by atoms with Gasteiger partial charge in [0.2, 0.25) is 11.0 Å². The summed E-state index contributed by atoms with van der Waals surface area (Å²) in [5.74, 6) is -0.529. The van der Waals surface area contributed by atoms with E-state index in [1.807, 2.05) is 6.92 Å². The van der Waals surface area contributed by atoms with E-state index in [4.69, 9.17) is 11.6 Å². The Morgan fingerprint density at radius 1 is 1.24 bits per heavy atom. The van der Waals surface area contributed by atoms with Crippen LogP contribution in [0.2, 0.25) is 5.02 Å². The second-order valence-electron chi connectivity index (χ2n) is 5.97. The van der Waals surface area contributed by atoms with Crippen molar-refractivity contribution in [1.29, 1.82) is 0 Å². The highest BCUT2D eigenvalue weighted by molar-refractivity contribution is 7.93. The molecule has 9 heteroatoms. The second kappa shape index (κ2) is 7.01. The average molecular weight is 400 g/mol. The molecule has 3 rings (SSSR count). The molecule has 0 unspecified atom stereocenters. The number of halogens is 1. The first-order valence-electron chi connectivity index (χ1n) is 8.03. The van der Waals surface area contributed by atoms with E-state index in [-0.39, 0.29) is 4.90 Å². The lowest BCUT2D eigenvalue weighted by molar-refractivity contribution is -0.118. The number of nitrogens with one attached hydrogen (secondary N) is 1. The Bertz CT molecular complexity index is 872. The number of carbonyl (C=O) groups excluding carboxylic acids is 1. The molecule has 6 nitrogen and oxygen atoms in total. The van der Waals surface area contributed by atoms with Crippen LogP contribution >= 0.6 is 22.9 Å². The van der Waals surface area contributed by atoms with Gasteiger partial charge in [0, 0.05) is 5.02 Å². The fraction of sp³-hybridized carbons (Fsp3) is 0.438. The standard InChI is InChI=1S/C16H18ClN3O3S2/c1-2-13-19-20-15(24-13)18-14(21)16(9-3-4-10-16)25(22,23)12-7-5-11(17)6-8-12/h5-8H,2-4,9-10H2,1H3,(H,18,20,21). The van der Waals surface area contributed by atoms with Crippen LogP contribution in [0.5, 0.6) is 0 Å². The van der Waals surface area contributed by atoms with Gasteiger partial charge in [-0.3, -0.25) is 10.1 Å². The zero-order chi connectivity index (χ0) is 18.1. The number of hydrogen-bond acceptors (Lipinski definition) is 6. The first kappa shape index (κ1) is 18.3. The SMILES string of the molecule is CCc1nnc(NC(=O)C2(S(=O)(=O)c3ccc(Cl)cc3)CCCC2)s1. The highest BCUT2D eigenvalue weighted by Crippen LogP contribution is 2.41. The van der Waals surface area contributed by atoms with Gasteiger partial charge in [-0.1, -0.05) is 42.7 Å². The quantitative estimate of drug-likeness (QED) is 0.831. The molecule has 1 aliphatic carbocycles. The highest BCUT2D eigenvalue weighted by atomic mass is 35.5. The molecule has 25 heavy (non-hydrogen) atoms. The topological polar surface area (TPSA) is 89.0 Å². The molecule has 0 radical (unpaired) electrons. The van der Waals surface area contributed by atoms with Crippen molar-refractivity contribution < 1.29 is 13.2 Å². The minimum atomic E-state index is -3.85. The lowest BCUT2D eigenvalue weighted by atomic mass is 10.1. The number of nitrogens with zero attached hydrogens (tertiary/aromatic N) is 2. The van der Waals surface area contributed by atoms with Crippen molar-refractivity contribution in [3.63, 3.8) is 0 Å². The maximum atomic E-state index is 13.2. The van der Waals surface area contributed by atoms with Gasteiger partial charge in [-0.15, -0.1) is 10.2 Å². The van der Waals surface area contributed by atoms with Gasteiger partial charge < -0.3 is 0 Å². The van der Waals surface area contributed by atoms with Crippen LogP contribution in [0.3, 0.4) is 0 Å². The summed E-state index contributed by atoms with van der Waals surface area (Å²) in [5.41, 5.74) is 0. The van der Waals surface area contributed by atoms with Crippen molar-refractivity contribution in [2.75, 3.05) is 5.32 Å². The maximum absolute atomic E-state index is 13.2. The molecule has 1 fully saturated rings. The molecular formula is C16H18ClN3O3S2. The predicted octanol–water partition coefficient (Wildman–Crippen LogP) is 3.48. The molecule has 0 aliphatic heterocycles. The number of sulfone groups is 1. The van der Waals surface area contributed by atoms with Gasteiger partial charge in [-0.25, -0.2) is 8.42 Å². The number of rotatable bonds is 5. The molecular weight excluding hydrogens is 382 g/mol. The molecule has 0 atom stereocenters. The number of aromatic nitrogens is 2. The number of anilines is 1. The van der Waals surface area contributed by atoms with Crippen molar-refractivity contribution in [2.45, 2.75) is 48.7 Å². The molecule has 0 spiro atoms. The largest absolute Gasteiger partial charge is 0.299 e. The third-order valence-corrected chi connectivity index (χ3v) is 8.20. The van der Waals surface area contributed by atoms with Crippen molar-refractivity contribution in [2.24, 2.45) is 0 Å². The molecule has 1 aromatic heterocycles. The van der Waals surface area contributed by atoms with E-state index < -0.39 is 20.5 Å². The summed E-state index contributed by atoms with van der Waals surface area (Å²) in [5, 5.41) is 12.1. The van der Waals surface area contributed by atoms with Gasteiger partial charge in [0.1, 0.15) is 5.01 Å². The van der Waals surface area contributed by atoms with Gasteiger partial charge in [0.05, 0.1) is 4.90 Å². The Kier molecular flexibility index (Phi) is 5.13. The second-order valence-corrected chi connectivity index (χ2v) is 9.73. The summed E-state index contributed by atoms with van der Waals surface area (Å²) < 4.78 is 25.0. The van der Waals surface area contributed by atoms with Crippen molar-refractivity contribution >= 4 is 43.8 Å². The average Bonchev–Trinajstić information content (AvgIpc) is 3.25. The Balaban J connectivity index is 1.95. The van der Waals surface area contributed by atoms with Crippen LogP contribution in [0.15, 0.2) is 29.2 Å². The van der Waals surface area contributed by atoms with Crippen LogP contribution in [0.25, 0.3) is 0 Å². The van der Waals surface area contributed by atoms with Gasteiger partial charge >= 0.3 is 0 Å². The molecule has 1 heterocycles. The third-order valence-electron chi connectivity index (χ3n) is 4.45. The Morgan fingerprint density at radius 3 is 2.44 bits per heavy atom. The van der Waals surface area contributed by atoms with E-state index >= 15 is 0 Å². The summed E-state index contributed by atoms with van der Waals surface area (Å²) in [6.07, 6.45) is 2.68. The molecule has 2 aromatic rings. The van der Waals surface area contributed by atoms with E-state index in [0.29, 0.717) is 42.3 Å². The monoisotopic (exact) mass is 399 g/mol. The van der Waals surface area contributed by atoms with Crippen LogP contribution in [-0.4, -0.2) is 29.3 Å². The maximum Gasteiger partial charge on any atom is 0.248 e. The molecule has 134 valence electrons. The smallest absolute Gasteiger partial charge is 0.248 e. The summed E-state index contributed by atoms with van der Waals surface area (Å²) >= 11 is 7.11. The Hall–Kier alpha value is -1.51. The number of carbonyl (C=O) groups is 1. The Morgan fingerprint density at radius 2 is 1.88 bits per heavy atom. The zero-order valence-corrected chi connectivity index (χ0v) is 16.0. The molecule has 1 amide bonds. The number of benzene rings is 1. The number of hydrogen-bond donors (Lipinski definition) is 1. The van der Waals surface area contributed by atoms with Crippen molar-refractivity contribution in [1.82, 2.24) is 10.2 Å². The minimum absolute atomic E-state index is 0.112. The summed E-state index contributed by atoms with van der Waals surface area (Å²) in [4.78, 5) is 13.1. The normalized spacial score (nSPS) is 16.7. The van der Waals surface area contributed by atoms with Crippen LogP contribution in [0, 0.1) is 0 Å². The van der Waals surface area contributed by atoms with Gasteiger partial charge in [-0.2, -0.15) is 0 Å².